The minimum atomic E-state index is 0.146. The molecule has 0 bridgehead atoms. The molecule has 0 saturated heterocycles. The zero-order valence-electron chi connectivity index (χ0n) is 18.2. The van der Waals surface area contributed by atoms with E-state index in [1.165, 1.54) is 0 Å². The molecule has 8 heteroatoms. The molecule has 1 amide bonds. The highest BCUT2D eigenvalue weighted by Gasteiger charge is 2.33. The molecule has 0 radical (unpaired) electrons. The van der Waals surface area contributed by atoms with E-state index in [-0.39, 0.29) is 11.8 Å². The van der Waals surface area contributed by atoms with Gasteiger partial charge in [0.1, 0.15) is 0 Å². The van der Waals surface area contributed by atoms with E-state index in [9.17, 15) is 4.79 Å². The third kappa shape index (κ3) is 5.40. The number of hydrogen-bond donors (Lipinski definition) is 0. The first-order valence-electron chi connectivity index (χ1n) is 10.7. The van der Waals surface area contributed by atoms with Crippen LogP contribution in [0.25, 0.3) is 11.4 Å². The summed E-state index contributed by atoms with van der Waals surface area (Å²) in [6.07, 6.45) is 3.16. The quantitative estimate of drug-likeness (QED) is 0.450. The number of methoxy groups -OCH3 is 2. The Kier molecular flexibility index (Phi) is 6.95. The van der Waals surface area contributed by atoms with Gasteiger partial charge in [0.25, 0.3) is 0 Å². The number of carbonyl (C=O) groups excluding carboxylic acids is 1. The molecule has 0 N–H and O–H groups in total. The number of hydrogen-bond acceptors (Lipinski definition) is 6. The predicted molar refractivity (Wildman–Crippen MR) is 121 cm³/mol. The van der Waals surface area contributed by atoms with Gasteiger partial charge < -0.3 is 18.9 Å². The van der Waals surface area contributed by atoms with Gasteiger partial charge in [-0.2, -0.15) is 4.98 Å². The topological polar surface area (TPSA) is 77.7 Å². The van der Waals surface area contributed by atoms with Crippen molar-refractivity contribution in [1.29, 1.82) is 0 Å². The summed E-state index contributed by atoms with van der Waals surface area (Å²) >= 11 is 5.94. The largest absolute Gasteiger partial charge is 0.493 e. The minimum Gasteiger partial charge on any atom is -0.493 e. The van der Waals surface area contributed by atoms with Crippen LogP contribution < -0.4 is 9.47 Å². The summed E-state index contributed by atoms with van der Waals surface area (Å²) in [5.41, 5.74) is 1.92. The van der Waals surface area contributed by atoms with Crippen molar-refractivity contribution in [1.82, 2.24) is 15.0 Å². The summed E-state index contributed by atoms with van der Waals surface area (Å²) in [7, 11) is 3.23. The summed E-state index contributed by atoms with van der Waals surface area (Å²) in [5, 5.41) is 4.71. The Labute approximate surface area is 192 Å². The molecule has 32 heavy (non-hydrogen) atoms. The van der Waals surface area contributed by atoms with Gasteiger partial charge in [-0.15, -0.1) is 0 Å². The number of amides is 1. The van der Waals surface area contributed by atoms with Gasteiger partial charge in [0.2, 0.25) is 17.6 Å². The molecule has 1 fully saturated rings. The second kappa shape index (κ2) is 10.0. The number of carbonyl (C=O) groups is 1. The highest BCUT2D eigenvalue weighted by Crippen LogP contribution is 2.32. The molecule has 2 aromatic carbocycles. The van der Waals surface area contributed by atoms with Crippen molar-refractivity contribution in [2.24, 2.45) is 5.92 Å². The van der Waals surface area contributed by atoms with Crippen LogP contribution in [0, 0.1) is 5.92 Å². The molecule has 1 aliphatic rings. The van der Waals surface area contributed by atoms with Crippen LogP contribution in [-0.4, -0.2) is 48.3 Å². The zero-order chi connectivity index (χ0) is 22.5. The van der Waals surface area contributed by atoms with E-state index < -0.39 is 0 Å². The number of ether oxygens (including phenoxy) is 2. The lowest BCUT2D eigenvalue weighted by Crippen LogP contribution is -2.35. The van der Waals surface area contributed by atoms with Crippen LogP contribution in [0.5, 0.6) is 11.5 Å². The van der Waals surface area contributed by atoms with Gasteiger partial charge in [0.15, 0.2) is 11.5 Å². The van der Waals surface area contributed by atoms with Crippen LogP contribution >= 0.6 is 11.6 Å². The Morgan fingerprint density at radius 1 is 1.06 bits per heavy atom. The molecular weight excluding hydrogens is 430 g/mol. The number of benzene rings is 2. The van der Waals surface area contributed by atoms with Crippen LogP contribution in [0.3, 0.4) is 0 Å². The Balaban J connectivity index is 1.39. The van der Waals surface area contributed by atoms with Gasteiger partial charge in [-0.3, -0.25) is 4.79 Å². The molecule has 0 unspecified atom stereocenters. The number of rotatable bonds is 10. The van der Waals surface area contributed by atoms with Gasteiger partial charge in [0, 0.05) is 36.0 Å². The predicted octanol–water partition coefficient (Wildman–Crippen LogP) is 4.43. The zero-order valence-corrected chi connectivity index (χ0v) is 19.0. The molecule has 0 atom stereocenters. The lowest BCUT2D eigenvalue weighted by molar-refractivity contribution is -0.132. The Hall–Kier alpha value is -3.06. The standard InChI is InChI=1S/C24H26ClN3O4/c1-30-20-10-3-16(15-21(20)31-2)11-13-28(24(29)18-4-5-18)14-12-22-26-23(27-32-22)17-6-8-19(25)9-7-17/h3,6-10,15,18H,4-5,11-14H2,1-2H3. The second-order valence-electron chi connectivity index (χ2n) is 7.81. The van der Waals surface area contributed by atoms with E-state index in [0.717, 1.165) is 30.4 Å². The smallest absolute Gasteiger partial charge is 0.228 e. The highest BCUT2D eigenvalue weighted by molar-refractivity contribution is 6.30. The average Bonchev–Trinajstić information content (AvgIpc) is 3.57. The van der Waals surface area contributed by atoms with Crippen molar-refractivity contribution >= 4 is 17.5 Å². The van der Waals surface area contributed by atoms with E-state index >= 15 is 0 Å². The molecule has 1 aromatic heterocycles. The summed E-state index contributed by atoms with van der Waals surface area (Å²) in [4.78, 5) is 19.2. The molecule has 7 nitrogen and oxygen atoms in total. The average molecular weight is 456 g/mol. The Morgan fingerprint density at radius 3 is 2.47 bits per heavy atom. The Bertz CT molecular complexity index is 1060. The van der Waals surface area contributed by atoms with Gasteiger partial charge in [-0.1, -0.05) is 22.8 Å². The first-order valence-corrected chi connectivity index (χ1v) is 11.0. The lowest BCUT2D eigenvalue weighted by atomic mass is 10.1. The van der Waals surface area contributed by atoms with Crippen molar-refractivity contribution in [2.45, 2.75) is 25.7 Å². The van der Waals surface area contributed by atoms with Gasteiger partial charge in [-0.05, 0) is 61.2 Å². The number of halogens is 1. The van der Waals surface area contributed by atoms with Crippen molar-refractivity contribution in [3.05, 3.63) is 58.9 Å². The first kappa shape index (κ1) is 22.1. The maximum atomic E-state index is 12.8. The molecule has 1 heterocycles. The van der Waals surface area contributed by atoms with Crippen LogP contribution in [0.2, 0.25) is 5.02 Å². The van der Waals surface area contributed by atoms with E-state index in [1.54, 1.807) is 26.4 Å². The van der Waals surface area contributed by atoms with Crippen LogP contribution in [0.1, 0.15) is 24.3 Å². The van der Waals surface area contributed by atoms with Crippen molar-refractivity contribution in [2.75, 3.05) is 27.3 Å². The van der Waals surface area contributed by atoms with E-state index in [0.29, 0.717) is 47.7 Å². The molecule has 0 aliphatic heterocycles. The van der Waals surface area contributed by atoms with Crippen molar-refractivity contribution in [3.63, 3.8) is 0 Å². The van der Waals surface area contributed by atoms with Crippen molar-refractivity contribution < 1.29 is 18.8 Å². The fourth-order valence-corrected chi connectivity index (χ4v) is 3.65. The summed E-state index contributed by atoms with van der Waals surface area (Å²) in [6.45, 7) is 1.15. The molecule has 0 spiro atoms. The second-order valence-corrected chi connectivity index (χ2v) is 8.24. The molecule has 168 valence electrons. The SMILES string of the molecule is COc1ccc(CCN(CCc2nc(-c3ccc(Cl)cc3)no2)C(=O)C2CC2)cc1OC. The van der Waals surface area contributed by atoms with E-state index in [1.807, 2.05) is 35.2 Å². The maximum Gasteiger partial charge on any atom is 0.228 e. The third-order valence-corrected chi connectivity index (χ3v) is 5.77. The summed E-state index contributed by atoms with van der Waals surface area (Å²) in [6, 6.07) is 13.1. The molecule has 1 aliphatic carbocycles. The van der Waals surface area contributed by atoms with Gasteiger partial charge in [0.05, 0.1) is 14.2 Å². The lowest BCUT2D eigenvalue weighted by Gasteiger charge is -2.22. The Morgan fingerprint density at radius 2 is 1.78 bits per heavy atom. The molecule has 3 aromatic rings. The normalized spacial score (nSPS) is 13.1. The van der Waals surface area contributed by atoms with Gasteiger partial charge >= 0.3 is 0 Å². The van der Waals surface area contributed by atoms with E-state index in [2.05, 4.69) is 10.1 Å². The fourth-order valence-electron chi connectivity index (χ4n) is 3.52. The number of aromatic nitrogens is 2. The van der Waals surface area contributed by atoms with Crippen LogP contribution in [0.4, 0.5) is 0 Å². The molecule has 4 rings (SSSR count). The van der Waals surface area contributed by atoms with E-state index in [4.69, 9.17) is 25.6 Å². The summed E-state index contributed by atoms with van der Waals surface area (Å²) < 4.78 is 16.1. The first-order chi connectivity index (χ1) is 15.6. The maximum absolute atomic E-state index is 12.8. The third-order valence-electron chi connectivity index (χ3n) is 5.52. The van der Waals surface area contributed by atoms with Crippen LogP contribution in [0.15, 0.2) is 47.0 Å². The van der Waals surface area contributed by atoms with Crippen molar-refractivity contribution in [3.8, 4) is 22.9 Å². The molecule has 1 saturated carbocycles. The molecular formula is C24H26ClN3O4. The summed E-state index contributed by atoms with van der Waals surface area (Å²) in [5.74, 6) is 2.74. The minimum absolute atomic E-state index is 0.146. The van der Waals surface area contributed by atoms with Crippen LogP contribution in [-0.2, 0) is 17.6 Å². The van der Waals surface area contributed by atoms with Gasteiger partial charge in [-0.25, -0.2) is 0 Å². The number of nitrogens with zero attached hydrogens (tertiary/aromatic N) is 3. The highest BCUT2D eigenvalue weighted by atomic mass is 35.5. The monoisotopic (exact) mass is 455 g/mol. The fraction of sp³-hybridized carbons (Fsp3) is 0.375.